The van der Waals surface area contributed by atoms with Gasteiger partial charge < -0.3 is 15.5 Å². The first-order valence-electron chi connectivity index (χ1n) is 9.51. The molecule has 138 valence electrons. The van der Waals surface area contributed by atoms with Gasteiger partial charge in [0.15, 0.2) is 5.79 Å². The number of allylic oxidation sites excluding steroid dienone is 2. The van der Waals surface area contributed by atoms with Gasteiger partial charge in [0.1, 0.15) is 0 Å². The fourth-order valence-electron chi connectivity index (χ4n) is 3.00. The molecule has 1 aliphatic rings. The Bertz CT molecular complexity index is 440. The Balaban J connectivity index is 2.60. The van der Waals surface area contributed by atoms with Crippen molar-refractivity contribution >= 4 is 5.91 Å². The minimum atomic E-state index is -1.66. The van der Waals surface area contributed by atoms with E-state index in [9.17, 15) is 15.0 Å². The number of amides is 1. The Kier molecular flexibility index (Phi) is 9.30. The van der Waals surface area contributed by atoms with Crippen molar-refractivity contribution < 1.29 is 15.0 Å². The van der Waals surface area contributed by atoms with Crippen LogP contribution in [0, 0.1) is 5.92 Å². The SMILES string of the molecule is CCCCCC(CCC(O)(O)CC)C(=O)NC(C)C1=CCCC=C1. The fourth-order valence-corrected chi connectivity index (χ4v) is 3.00. The molecule has 24 heavy (non-hydrogen) atoms. The molecule has 4 nitrogen and oxygen atoms in total. The molecule has 0 radical (unpaired) electrons. The van der Waals surface area contributed by atoms with Crippen molar-refractivity contribution in [1.82, 2.24) is 5.32 Å². The van der Waals surface area contributed by atoms with Crippen molar-refractivity contribution in [3.63, 3.8) is 0 Å². The number of carbonyl (C=O) groups excluding carboxylic acids is 1. The summed E-state index contributed by atoms with van der Waals surface area (Å²) in [7, 11) is 0. The van der Waals surface area contributed by atoms with Gasteiger partial charge in [0, 0.05) is 12.3 Å². The van der Waals surface area contributed by atoms with Crippen LogP contribution in [0.4, 0.5) is 0 Å². The van der Waals surface area contributed by atoms with Crippen LogP contribution in [0.2, 0.25) is 0 Å². The molecule has 2 atom stereocenters. The topological polar surface area (TPSA) is 69.6 Å². The van der Waals surface area contributed by atoms with Crippen LogP contribution in [0.15, 0.2) is 23.8 Å². The van der Waals surface area contributed by atoms with Crippen LogP contribution < -0.4 is 5.32 Å². The molecule has 0 bridgehead atoms. The van der Waals surface area contributed by atoms with Gasteiger partial charge in [-0.05, 0) is 44.6 Å². The van der Waals surface area contributed by atoms with E-state index in [1.165, 1.54) is 0 Å². The van der Waals surface area contributed by atoms with E-state index in [4.69, 9.17) is 0 Å². The van der Waals surface area contributed by atoms with E-state index in [1.807, 2.05) is 6.92 Å². The highest BCUT2D eigenvalue weighted by atomic mass is 16.5. The van der Waals surface area contributed by atoms with Crippen LogP contribution in [-0.4, -0.2) is 27.9 Å². The standard InChI is InChI=1S/C20H35NO3/c1-4-6-8-13-18(14-15-20(23,24)5-2)19(22)21-16(3)17-11-9-7-10-12-17/h9,11-12,16,18,23-24H,4-8,10,13-15H2,1-3H3,(H,21,22). The molecular formula is C20H35NO3. The van der Waals surface area contributed by atoms with Gasteiger partial charge in [0.2, 0.25) is 5.91 Å². The van der Waals surface area contributed by atoms with Crippen molar-refractivity contribution in [2.24, 2.45) is 5.92 Å². The van der Waals surface area contributed by atoms with E-state index in [1.54, 1.807) is 6.92 Å². The molecule has 2 unspecified atom stereocenters. The van der Waals surface area contributed by atoms with Crippen molar-refractivity contribution in [2.75, 3.05) is 0 Å². The fraction of sp³-hybridized carbons (Fsp3) is 0.750. The number of hydrogen-bond acceptors (Lipinski definition) is 3. The Morgan fingerprint density at radius 1 is 1.25 bits per heavy atom. The zero-order valence-corrected chi connectivity index (χ0v) is 15.6. The van der Waals surface area contributed by atoms with E-state index in [0.29, 0.717) is 6.42 Å². The molecule has 3 N–H and O–H groups in total. The normalized spacial score (nSPS) is 17.3. The van der Waals surface area contributed by atoms with Crippen LogP contribution in [0.25, 0.3) is 0 Å². The van der Waals surface area contributed by atoms with E-state index in [-0.39, 0.29) is 30.7 Å². The van der Waals surface area contributed by atoms with E-state index in [0.717, 1.165) is 44.1 Å². The predicted octanol–water partition coefficient (Wildman–Crippen LogP) is 3.84. The van der Waals surface area contributed by atoms with Gasteiger partial charge in [0.25, 0.3) is 0 Å². The predicted molar refractivity (Wildman–Crippen MR) is 98.4 cm³/mol. The first kappa shape index (κ1) is 20.9. The van der Waals surface area contributed by atoms with Gasteiger partial charge in [-0.15, -0.1) is 0 Å². The lowest BCUT2D eigenvalue weighted by Crippen LogP contribution is -2.39. The van der Waals surface area contributed by atoms with E-state index >= 15 is 0 Å². The molecule has 0 spiro atoms. The molecule has 1 aliphatic carbocycles. The van der Waals surface area contributed by atoms with Crippen LogP contribution >= 0.6 is 0 Å². The number of unbranched alkanes of at least 4 members (excludes halogenated alkanes) is 2. The third-order valence-corrected chi connectivity index (χ3v) is 4.87. The Morgan fingerprint density at radius 2 is 2.00 bits per heavy atom. The van der Waals surface area contributed by atoms with E-state index < -0.39 is 5.79 Å². The van der Waals surface area contributed by atoms with Crippen LogP contribution in [0.1, 0.15) is 78.6 Å². The highest BCUT2D eigenvalue weighted by molar-refractivity contribution is 5.79. The van der Waals surface area contributed by atoms with Gasteiger partial charge in [0.05, 0.1) is 6.04 Å². The molecule has 1 rings (SSSR count). The van der Waals surface area contributed by atoms with Crippen LogP contribution in [-0.2, 0) is 4.79 Å². The lowest BCUT2D eigenvalue weighted by molar-refractivity contribution is -0.170. The summed E-state index contributed by atoms with van der Waals surface area (Å²) in [6.07, 6.45) is 13.6. The molecule has 0 aromatic heterocycles. The molecule has 0 saturated carbocycles. The van der Waals surface area contributed by atoms with Crippen LogP contribution in [0.5, 0.6) is 0 Å². The lowest BCUT2D eigenvalue weighted by atomic mass is 9.91. The maximum Gasteiger partial charge on any atom is 0.223 e. The summed E-state index contributed by atoms with van der Waals surface area (Å²) in [4.78, 5) is 12.7. The minimum Gasteiger partial charge on any atom is -0.366 e. The molecule has 0 heterocycles. The van der Waals surface area contributed by atoms with Crippen molar-refractivity contribution in [2.45, 2.75) is 90.4 Å². The minimum absolute atomic E-state index is 0.00177. The molecule has 0 aliphatic heterocycles. The largest absolute Gasteiger partial charge is 0.366 e. The smallest absolute Gasteiger partial charge is 0.223 e. The first-order chi connectivity index (χ1) is 11.4. The molecule has 0 saturated heterocycles. The summed E-state index contributed by atoms with van der Waals surface area (Å²) in [5.41, 5.74) is 1.16. The maximum atomic E-state index is 12.7. The monoisotopic (exact) mass is 337 g/mol. The zero-order valence-electron chi connectivity index (χ0n) is 15.6. The molecular weight excluding hydrogens is 302 g/mol. The average molecular weight is 338 g/mol. The number of rotatable bonds is 11. The van der Waals surface area contributed by atoms with Gasteiger partial charge in [-0.2, -0.15) is 0 Å². The summed E-state index contributed by atoms with van der Waals surface area (Å²) < 4.78 is 0. The quantitative estimate of drug-likeness (QED) is 0.396. The number of hydrogen-bond donors (Lipinski definition) is 3. The number of nitrogens with one attached hydrogen (secondary N) is 1. The van der Waals surface area contributed by atoms with Crippen LogP contribution in [0.3, 0.4) is 0 Å². The highest BCUT2D eigenvalue weighted by Crippen LogP contribution is 2.23. The Morgan fingerprint density at radius 3 is 2.58 bits per heavy atom. The number of aliphatic hydroxyl groups is 2. The summed E-state index contributed by atoms with van der Waals surface area (Å²) in [6, 6.07) is 0.00177. The summed E-state index contributed by atoms with van der Waals surface area (Å²) in [5, 5.41) is 22.7. The second-order valence-corrected chi connectivity index (χ2v) is 6.98. The van der Waals surface area contributed by atoms with Crippen molar-refractivity contribution in [3.8, 4) is 0 Å². The third-order valence-electron chi connectivity index (χ3n) is 4.87. The zero-order chi connectivity index (χ0) is 18.0. The second kappa shape index (κ2) is 10.7. The Labute approximate surface area is 147 Å². The summed E-state index contributed by atoms with van der Waals surface area (Å²) >= 11 is 0. The molecule has 0 fully saturated rings. The maximum absolute atomic E-state index is 12.7. The van der Waals surface area contributed by atoms with Crippen molar-refractivity contribution in [1.29, 1.82) is 0 Å². The van der Waals surface area contributed by atoms with Gasteiger partial charge in [-0.3, -0.25) is 4.79 Å². The summed E-state index contributed by atoms with van der Waals surface area (Å²) in [5.74, 6) is -1.79. The third kappa shape index (κ3) is 7.63. The second-order valence-electron chi connectivity index (χ2n) is 6.98. The average Bonchev–Trinajstić information content (AvgIpc) is 2.58. The first-order valence-corrected chi connectivity index (χ1v) is 9.51. The number of carbonyl (C=O) groups is 1. The molecule has 0 aromatic rings. The Hall–Kier alpha value is -1.13. The highest BCUT2D eigenvalue weighted by Gasteiger charge is 2.26. The molecule has 0 aromatic carbocycles. The van der Waals surface area contributed by atoms with Crippen molar-refractivity contribution in [3.05, 3.63) is 23.8 Å². The molecule has 4 heteroatoms. The summed E-state index contributed by atoms with van der Waals surface area (Å²) in [6.45, 7) is 5.90. The lowest BCUT2D eigenvalue weighted by Gasteiger charge is -2.25. The van der Waals surface area contributed by atoms with Gasteiger partial charge >= 0.3 is 0 Å². The van der Waals surface area contributed by atoms with Gasteiger partial charge in [-0.25, -0.2) is 0 Å². The van der Waals surface area contributed by atoms with Gasteiger partial charge in [-0.1, -0.05) is 51.3 Å². The van der Waals surface area contributed by atoms with E-state index in [2.05, 4.69) is 30.5 Å². The molecule has 1 amide bonds.